The van der Waals surface area contributed by atoms with Gasteiger partial charge in [-0.2, -0.15) is 0 Å². The number of ether oxygens (including phenoxy) is 2. The van der Waals surface area contributed by atoms with Gasteiger partial charge in [-0.15, -0.1) is 0 Å². The van der Waals surface area contributed by atoms with Gasteiger partial charge in [-0.05, 0) is 33.1 Å². The molecule has 84 valence electrons. The Morgan fingerprint density at radius 2 is 2.29 bits per heavy atom. The van der Waals surface area contributed by atoms with Crippen LogP contribution in [-0.2, 0) is 13.7 Å². The van der Waals surface area contributed by atoms with E-state index in [1.54, 1.807) is 0 Å². The van der Waals surface area contributed by atoms with Crippen LogP contribution >= 0.6 is 30.4 Å². The first-order valence-corrected chi connectivity index (χ1v) is 8.14. The fourth-order valence-electron chi connectivity index (χ4n) is 1.47. The SMILES string of the molecule is CC1(C)OCC(CCCCOSI)O1. The predicted molar refractivity (Wildman–Crippen MR) is 66.3 cm³/mol. The molecule has 0 spiro atoms. The minimum absolute atomic E-state index is 0.275. The van der Waals surface area contributed by atoms with Crippen LogP contribution in [0.25, 0.3) is 0 Å². The predicted octanol–water partition coefficient (Wildman–Crippen LogP) is 3.32. The Labute approximate surface area is 102 Å². The van der Waals surface area contributed by atoms with Crippen molar-refractivity contribution in [2.45, 2.75) is 45.0 Å². The second-order valence-electron chi connectivity index (χ2n) is 3.83. The lowest BCUT2D eigenvalue weighted by molar-refractivity contribution is -0.139. The van der Waals surface area contributed by atoms with E-state index in [1.807, 2.05) is 13.8 Å². The van der Waals surface area contributed by atoms with E-state index in [9.17, 15) is 0 Å². The van der Waals surface area contributed by atoms with Gasteiger partial charge in [0.2, 0.25) is 0 Å². The van der Waals surface area contributed by atoms with Gasteiger partial charge in [-0.25, -0.2) is 0 Å². The highest BCUT2D eigenvalue weighted by molar-refractivity contribution is 14.2. The molecule has 0 aromatic rings. The highest BCUT2D eigenvalue weighted by Gasteiger charge is 2.31. The normalized spacial score (nSPS) is 25.5. The van der Waals surface area contributed by atoms with Gasteiger partial charge >= 0.3 is 0 Å². The lowest BCUT2D eigenvalue weighted by atomic mass is 10.2. The van der Waals surface area contributed by atoms with Crippen molar-refractivity contribution < 1.29 is 13.7 Å². The quantitative estimate of drug-likeness (QED) is 0.424. The van der Waals surface area contributed by atoms with Crippen LogP contribution in [0, 0.1) is 0 Å². The highest BCUT2D eigenvalue weighted by Crippen LogP contribution is 2.25. The summed E-state index contributed by atoms with van der Waals surface area (Å²) < 4.78 is 16.3. The van der Waals surface area contributed by atoms with Crippen LogP contribution in [0.4, 0.5) is 0 Å². The second kappa shape index (κ2) is 6.52. The molecule has 0 radical (unpaired) electrons. The molecule has 1 fully saturated rings. The van der Waals surface area contributed by atoms with E-state index >= 15 is 0 Å². The van der Waals surface area contributed by atoms with E-state index in [4.69, 9.17) is 13.7 Å². The van der Waals surface area contributed by atoms with E-state index in [0.717, 1.165) is 32.5 Å². The smallest absolute Gasteiger partial charge is 0.163 e. The third-order valence-electron chi connectivity index (χ3n) is 2.12. The van der Waals surface area contributed by atoms with Crippen LogP contribution < -0.4 is 0 Å². The summed E-state index contributed by atoms with van der Waals surface area (Å²) in [6, 6.07) is 0. The molecule has 1 heterocycles. The monoisotopic (exact) mass is 332 g/mol. The van der Waals surface area contributed by atoms with Crippen molar-refractivity contribution in [3.8, 4) is 0 Å². The molecule has 0 aromatic carbocycles. The van der Waals surface area contributed by atoms with E-state index in [1.165, 1.54) is 9.21 Å². The molecule has 0 saturated carbocycles. The zero-order valence-corrected chi connectivity index (χ0v) is 11.6. The molecular weight excluding hydrogens is 315 g/mol. The van der Waals surface area contributed by atoms with Crippen molar-refractivity contribution in [3.63, 3.8) is 0 Å². The third kappa shape index (κ3) is 5.16. The summed E-state index contributed by atoms with van der Waals surface area (Å²) in [4.78, 5) is 0. The van der Waals surface area contributed by atoms with Gasteiger partial charge < -0.3 is 13.7 Å². The molecule has 5 heteroatoms. The first-order chi connectivity index (χ1) is 6.64. The minimum Gasteiger partial charge on any atom is -0.348 e. The van der Waals surface area contributed by atoms with Crippen molar-refractivity contribution >= 4 is 30.4 Å². The van der Waals surface area contributed by atoms with Crippen LogP contribution in [0.2, 0.25) is 0 Å². The summed E-state index contributed by atoms with van der Waals surface area (Å²) in [6.07, 6.45) is 3.58. The summed E-state index contributed by atoms with van der Waals surface area (Å²) in [6.45, 7) is 5.48. The Balaban J connectivity index is 1.98. The summed E-state index contributed by atoms with van der Waals surface area (Å²) in [5.74, 6) is -0.376. The Kier molecular flexibility index (Phi) is 6.07. The zero-order chi connectivity index (χ0) is 10.4. The molecule has 14 heavy (non-hydrogen) atoms. The van der Waals surface area contributed by atoms with E-state index in [2.05, 4.69) is 21.2 Å². The summed E-state index contributed by atoms with van der Waals surface area (Å²) in [7, 11) is 1.40. The fraction of sp³-hybridized carbons (Fsp3) is 1.00. The largest absolute Gasteiger partial charge is 0.348 e. The van der Waals surface area contributed by atoms with Gasteiger partial charge in [0.05, 0.1) is 28.5 Å². The Morgan fingerprint density at radius 1 is 1.50 bits per heavy atom. The molecule has 1 aliphatic rings. The zero-order valence-electron chi connectivity index (χ0n) is 8.62. The molecule has 1 atom stereocenters. The van der Waals surface area contributed by atoms with Crippen LogP contribution in [0.15, 0.2) is 0 Å². The van der Waals surface area contributed by atoms with E-state index in [0.29, 0.717) is 0 Å². The number of rotatable bonds is 6. The third-order valence-corrected chi connectivity index (χ3v) is 3.13. The maximum absolute atomic E-state index is 5.69. The second-order valence-corrected chi connectivity index (χ2v) is 5.27. The lowest BCUT2D eigenvalue weighted by Gasteiger charge is -2.16. The molecule has 0 bridgehead atoms. The summed E-state index contributed by atoms with van der Waals surface area (Å²) in [5, 5.41) is 0. The summed E-state index contributed by atoms with van der Waals surface area (Å²) >= 11 is 2.13. The van der Waals surface area contributed by atoms with E-state index in [-0.39, 0.29) is 11.9 Å². The first-order valence-electron chi connectivity index (χ1n) is 4.86. The Bertz CT molecular complexity index is 166. The van der Waals surface area contributed by atoms with Crippen LogP contribution in [0.1, 0.15) is 33.1 Å². The molecule has 3 nitrogen and oxygen atoms in total. The van der Waals surface area contributed by atoms with Crippen LogP contribution in [-0.4, -0.2) is 25.1 Å². The van der Waals surface area contributed by atoms with Gasteiger partial charge in [0.1, 0.15) is 0 Å². The molecule has 0 aromatic heterocycles. The average Bonchev–Trinajstić information content (AvgIpc) is 2.45. The first kappa shape index (κ1) is 13.0. The average molecular weight is 332 g/mol. The van der Waals surface area contributed by atoms with Crippen molar-refractivity contribution in [2.75, 3.05) is 13.2 Å². The molecule has 0 amide bonds. The van der Waals surface area contributed by atoms with Crippen molar-refractivity contribution in [1.82, 2.24) is 0 Å². The fourth-order valence-corrected chi connectivity index (χ4v) is 2.19. The number of unbranched alkanes of at least 4 members (excludes halogenated alkanes) is 1. The maximum Gasteiger partial charge on any atom is 0.163 e. The van der Waals surface area contributed by atoms with Gasteiger partial charge in [0, 0.05) is 21.2 Å². The topological polar surface area (TPSA) is 27.7 Å². The van der Waals surface area contributed by atoms with Gasteiger partial charge in [0.15, 0.2) is 5.79 Å². The minimum atomic E-state index is -0.376. The van der Waals surface area contributed by atoms with E-state index < -0.39 is 0 Å². The standard InChI is InChI=1S/C9H17IO3S/c1-9(2)11-7-8(13-9)5-3-4-6-12-14-10/h8H,3-7H2,1-2H3. The highest BCUT2D eigenvalue weighted by atomic mass is 127. The molecule has 1 saturated heterocycles. The molecule has 1 aliphatic heterocycles. The molecule has 0 aliphatic carbocycles. The van der Waals surface area contributed by atoms with Gasteiger partial charge in [-0.1, -0.05) is 0 Å². The van der Waals surface area contributed by atoms with Crippen LogP contribution in [0.3, 0.4) is 0 Å². The molecule has 1 unspecified atom stereocenters. The number of halogens is 1. The van der Waals surface area contributed by atoms with Crippen molar-refractivity contribution in [2.24, 2.45) is 0 Å². The lowest BCUT2D eigenvalue weighted by Crippen LogP contribution is -2.21. The van der Waals surface area contributed by atoms with Crippen molar-refractivity contribution in [1.29, 1.82) is 0 Å². The molecule has 0 N–H and O–H groups in total. The number of hydrogen-bond acceptors (Lipinski definition) is 4. The maximum atomic E-state index is 5.69. The Morgan fingerprint density at radius 3 is 2.86 bits per heavy atom. The van der Waals surface area contributed by atoms with Gasteiger partial charge in [-0.3, -0.25) is 0 Å². The number of hydrogen-bond donors (Lipinski definition) is 0. The molecule has 1 rings (SSSR count). The van der Waals surface area contributed by atoms with Crippen molar-refractivity contribution in [3.05, 3.63) is 0 Å². The summed E-state index contributed by atoms with van der Waals surface area (Å²) in [5.41, 5.74) is 0. The van der Waals surface area contributed by atoms with Gasteiger partial charge in [0.25, 0.3) is 0 Å². The van der Waals surface area contributed by atoms with Crippen LogP contribution in [0.5, 0.6) is 0 Å². The molecular formula is C9H17IO3S. The Hall–Kier alpha value is 0.960.